The average Bonchev–Trinajstić information content (AvgIpc) is 2.76. The van der Waals surface area contributed by atoms with Crippen molar-refractivity contribution < 1.29 is 9.90 Å². The monoisotopic (exact) mass is 235 g/mol. The Morgan fingerprint density at radius 1 is 1.50 bits per heavy atom. The number of benzene rings is 1. The summed E-state index contributed by atoms with van der Waals surface area (Å²) in [4.78, 5) is 14.4. The summed E-state index contributed by atoms with van der Waals surface area (Å²) in [6, 6.07) is 5.55. The van der Waals surface area contributed by atoms with Gasteiger partial charge in [0.15, 0.2) is 0 Å². The first-order valence-electron chi connectivity index (χ1n) is 5.19. The van der Waals surface area contributed by atoms with Gasteiger partial charge in [0.25, 0.3) is 0 Å². The van der Waals surface area contributed by atoms with Gasteiger partial charge >= 0.3 is 5.97 Å². The standard InChI is InChI=1S/C12H10ClNO2/c13-6-1-3-9-8(5-6)11-7(12(15)16)2-4-10(11)14-9/h1,3,5,7,14H,2,4H2,(H,15,16). The maximum absolute atomic E-state index is 11.1. The van der Waals surface area contributed by atoms with E-state index in [0.717, 1.165) is 28.6 Å². The molecule has 16 heavy (non-hydrogen) atoms. The fourth-order valence-electron chi connectivity index (χ4n) is 2.52. The Hall–Kier alpha value is -1.48. The highest BCUT2D eigenvalue weighted by Crippen LogP contribution is 2.39. The lowest BCUT2D eigenvalue weighted by atomic mass is 10.0. The van der Waals surface area contributed by atoms with Crippen molar-refractivity contribution in [3.8, 4) is 0 Å². The second-order valence-electron chi connectivity index (χ2n) is 4.14. The molecular formula is C12H10ClNO2. The third-order valence-corrected chi connectivity index (χ3v) is 3.45. The van der Waals surface area contributed by atoms with Crippen LogP contribution in [0.25, 0.3) is 10.9 Å². The van der Waals surface area contributed by atoms with Gasteiger partial charge in [0.05, 0.1) is 5.92 Å². The van der Waals surface area contributed by atoms with Gasteiger partial charge in [-0.05, 0) is 36.6 Å². The number of hydrogen-bond donors (Lipinski definition) is 2. The maximum atomic E-state index is 11.1. The van der Waals surface area contributed by atoms with Gasteiger partial charge in [-0.1, -0.05) is 11.6 Å². The molecule has 1 heterocycles. The van der Waals surface area contributed by atoms with E-state index >= 15 is 0 Å². The number of H-pyrrole nitrogens is 1. The van der Waals surface area contributed by atoms with Crippen LogP contribution in [0.3, 0.4) is 0 Å². The molecule has 0 bridgehead atoms. The van der Waals surface area contributed by atoms with E-state index < -0.39 is 5.97 Å². The molecular weight excluding hydrogens is 226 g/mol. The molecule has 0 radical (unpaired) electrons. The minimum Gasteiger partial charge on any atom is -0.481 e. The lowest BCUT2D eigenvalue weighted by Gasteiger charge is -2.04. The molecule has 1 unspecified atom stereocenters. The number of halogens is 1. The quantitative estimate of drug-likeness (QED) is 0.799. The fraction of sp³-hybridized carbons (Fsp3) is 0.250. The maximum Gasteiger partial charge on any atom is 0.311 e. The van der Waals surface area contributed by atoms with Crippen molar-refractivity contribution in [3.63, 3.8) is 0 Å². The van der Waals surface area contributed by atoms with Crippen LogP contribution in [-0.2, 0) is 11.2 Å². The third kappa shape index (κ3) is 1.25. The van der Waals surface area contributed by atoms with Gasteiger partial charge in [0.2, 0.25) is 0 Å². The van der Waals surface area contributed by atoms with E-state index in [2.05, 4.69) is 4.98 Å². The molecule has 1 atom stereocenters. The van der Waals surface area contributed by atoms with E-state index in [9.17, 15) is 4.79 Å². The molecule has 4 heteroatoms. The largest absolute Gasteiger partial charge is 0.481 e. The average molecular weight is 236 g/mol. The zero-order chi connectivity index (χ0) is 11.3. The molecule has 1 aliphatic carbocycles. The zero-order valence-corrected chi connectivity index (χ0v) is 9.21. The molecule has 2 aromatic rings. The molecule has 0 spiro atoms. The van der Waals surface area contributed by atoms with Crippen LogP contribution >= 0.6 is 11.6 Å². The molecule has 0 saturated carbocycles. The number of aromatic amines is 1. The lowest BCUT2D eigenvalue weighted by molar-refractivity contribution is -0.138. The molecule has 3 rings (SSSR count). The number of aryl methyl sites for hydroxylation is 1. The predicted molar refractivity (Wildman–Crippen MR) is 62.0 cm³/mol. The minimum atomic E-state index is -0.750. The van der Waals surface area contributed by atoms with Crippen molar-refractivity contribution in [2.45, 2.75) is 18.8 Å². The molecule has 0 aliphatic heterocycles. The smallest absolute Gasteiger partial charge is 0.311 e. The van der Waals surface area contributed by atoms with E-state index in [0.29, 0.717) is 11.4 Å². The highest BCUT2D eigenvalue weighted by Gasteiger charge is 2.31. The number of aromatic nitrogens is 1. The summed E-state index contributed by atoms with van der Waals surface area (Å²) in [5.74, 6) is -1.14. The Labute approximate surface area is 97.0 Å². The van der Waals surface area contributed by atoms with Crippen molar-refractivity contribution in [1.82, 2.24) is 4.98 Å². The molecule has 3 nitrogen and oxygen atoms in total. The van der Waals surface area contributed by atoms with Crippen LogP contribution in [-0.4, -0.2) is 16.1 Å². The Balaban J connectivity index is 2.29. The van der Waals surface area contributed by atoms with Crippen LogP contribution in [0.15, 0.2) is 18.2 Å². The number of rotatable bonds is 1. The van der Waals surface area contributed by atoms with E-state index in [1.165, 1.54) is 0 Å². The second-order valence-corrected chi connectivity index (χ2v) is 4.57. The second kappa shape index (κ2) is 3.25. The summed E-state index contributed by atoms with van der Waals surface area (Å²) >= 11 is 5.94. The van der Waals surface area contributed by atoms with Gasteiger partial charge in [-0.3, -0.25) is 4.79 Å². The van der Waals surface area contributed by atoms with Crippen molar-refractivity contribution >= 4 is 28.5 Å². The van der Waals surface area contributed by atoms with E-state index in [1.807, 2.05) is 18.2 Å². The van der Waals surface area contributed by atoms with Gasteiger partial charge < -0.3 is 10.1 Å². The number of carbonyl (C=O) groups is 1. The van der Waals surface area contributed by atoms with Gasteiger partial charge in [-0.15, -0.1) is 0 Å². The zero-order valence-electron chi connectivity index (χ0n) is 8.46. The Morgan fingerprint density at radius 3 is 3.06 bits per heavy atom. The summed E-state index contributed by atoms with van der Waals surface area (Å²) in [6.45, 7) is 0. The number of carboxylic acids is 1. The third-order valence-electron chi connectivity index (χ3n) is 3.21. The molecule has 0 saturated heterocycles. The van der Waals surface area contributed by atoms with Crippen LogP contribution in [0.5, 0.6) is 0 Å². The SMILES string of the molecule is O=C(O)C1CCc2[nH]c3ccc(Cl)cc3c21. The number of fused-ring (bicyclic) bond motifs is 3. The number of carboxylic acid groups (broad SMARTS) is 1. The van der Waals surface area contributed by atoms with Crippen molar-refractivity contribution in [2.75, 3.05) is 0 Å². The molecule has 1 aromatic carbocycles. The van der Waals surface area contributed by atoms with E-state index in [4.69, 9.17) is 16.7 Å². The molecule has 1 aliphatic rings. The fourth-order valence-corrected chi connectivity index (χ4v) is 2.69. The van der Waals surface area contributed by atoms with Crippen LogP contribution in [0.1, 0.15) is 23.6 Å². The van der Waals surface area contributed by atoms with Gasteiger partial charge in [0, 0.05) is 21.6 Å². The lowest BCUT2D eigenvalue weighted by Crippen LogP contribution is -2.07. The molecule has 1 aromatic heterocycles. The van der Waals surface area contributed by atoms with Gasteiger partial charge in [-0.2, -0.15) is 0 Å². The van der Waals surface area contributed by atoms with Crippen molar-refractivity contribution in [1.29, 1.82) is 0 Å². The van der Waals surface area contributed by atoms with Gasteiger partial charge in [0.1, 0.15) is 0 Å². The molecule has 82 valence electrons. The topological polar surface area (TPSA) is 53.1 Å². The molecule has 0 amide bonds. The van der Waals surface area contributed by atoms with E-state index in [-0.39, 0.29) is 5.92 Å². The number of nitrogens with one attached hydrogen (secondary N) is 1. The summed E-state index contributed by atoms with van der Waals surface area (Å²) in [7, 11) is 0. The number of hydrogen-bond acceptors (Lipinski definition) is 1. The summed E-state index contributed by atoms with van der Waals surface area (Å²) in [5.41, 5.74) is 2.94. The first-order valence-corrected chi connectivity index (χ1v) is 5.57. The summed E-state index contributed by atoms with van der Waals surface area (Å²) in [5, 5.41) is 10.8. The highest BCUT2D eigenvalue weighted by atomic mass is 35.5. The van der Waals surface area contributed by atoms with Crippen LogP contribution < -0.4 is 0 Å². The Kier molecular flexibility index (Phi) is 1.98. The van der Waals surface area contributed by atoms with Gasteiger partial charge in [-0.25, -0.2) is 0 Å². The van der Waals surface area contributed by atoms with E-state index in [1.54, 1.807) is 0 Å². The summed E-state index contributed by atoms with van der Waals surface area (Å²) in [6.07, 6.45) is 1.48. The minimum absolute atomic E-state index is 0.387. The summed E-state index contributed by atoms with van der Waals surface area (Å²) < 4.78 is 0. The first-order chi connectivity index (χ1) is 7.66. The van der Waals surface area contributed by atoms with Crippen LogP contribution in [0, 0.1) is 0 Å². The normalized spacial score (nSPS) is 18.9. The first kappa shape index (κ1) is 9.73. The van der Waals surface area contributed by atoms with Crippen molar-refractivity contribution in [3.05, 3.63) is 34.5 Å². The van der Waals surface area contributed by atoms with Crippen molar-refractivity contribution in [2.24, 2.45) is 0 Å². The van der Waals surface area contributed by atoms with Crippen LogP contribution in [0.2, 0.25) is 5.02 Å². The van der Waals surface area contributed by atoms with Crippen LogP contribution in [0.4, 0.5) is 0 Å². The molecule has 0 fully saturated rings. The molecule has 2 N–H and O–H groups in total. The Bertz CT molecular complexity index is 588. The Morgan fingerprint density at radius 2 is 2.31 bits per heavy atom. The number of aliphatic carboxylic acids is 1. The predicted octanol–water partition coefficient (Wildman–Crippen LogP) is 2.94. The highest BCUT2D eigenvalue weighted by molar-refractivity contribution is 6.31.